The third-order valence-corrected chi connectivity index (χ3v) is 10.5. The minimum absolute atomic E-state index is 0.153. The molecule has 0 aromatic heterocycles. The van der Waals surface area contributed by atoms with E-state index in [2.05, 4.69) is 46.4 Å². The Bertz CT molecular complexity index is 714. The molecule has 0 aliphatic heterocycles. The van der Waals surface area contributed by atoms with Crippen LogP contribution in [-0.2, 0) is 0 Å². The van der Waals surface area contributed by atoms with E-state index in [1.165, 1.54) is 64.2 Å². The lowest BCUT2D eigenvalue weighted by molar-refractivity contribution is 0.0472. The highest BCUT2D eigenvalue weighted by Gasteiger charge is 2.56. The van der Waals surface area contributed by atoms with E-state index in [1.807, 2.05) is 5.57 Å². The summed E-state index contributed by atoms with van der Waals surface area (Å²) in [6, 6.07) is 0. The second kappa shape index (κ2) is 8.61. The fourth-order valence-corrected chi connectivity index (χ4v) is 8.50. The van der Waals surface area contributed by atoms with Crippen LogP contribution in [0.5, 0.6) is 0 Å². The van der Waals surface area contributed by atoms with Crippen LogP contribution in [0.15, 0.2) is 35.5 Å². The molecule has 4 aliphatic rings. The Labute approximate surface area is 186 Å². The summed E-state index contributed by atoms with van der Waals surface area (Å²) < 4.78 is 0. The molecular weight excluding hydrogens is 364 g/mol. The molecule has 0 bridgehead atoms. The average Bonchev–Trinajstić information content (AvgIpc) is 3.10. The maximum Gasteiger partial charge on any atom is 0.0641 e. The number of hydrogen-bond donors (Lipinski definition) is 1. The van der Waals surface area contributed by atoms with Gasteiger partial charge in [0.2, 0.25) is 0 Å². The van der Waals surface area contributed by atoms with E-state index in [0.29, 0.717) is 16.7 Å². The van der Waals surface area contributed by atoms with Crippen molar-refractivity contribution in [1.82, 2.24) is 0 Å². The Kier molecular flexibility index (Phi) is 6.42. The van der Waals surface area contributed by atoms with Gasteiger partial charge in [0.25, 0.3) is 0 Å². The van der Waals surface area contributed by atoms with E-state index < -0.39 is 0 Å². The highest BCUT2D eigenvalue weighted by atomic mass is 16.3. The van der Waals surface area contributed by atoms with Crippen LogP contribution in [0.25, 0.3) is 0 Å². The summed E-state index contributed by atoms with van der Waals surface area (Å²) in [6.07, 6.45) is 20.0. The van der Waals surface area contributed by atoms with E-state index in [0.717, 1.165) is 35.7 Å². The van der Waals surface area contributed by atoms with Crippen molar-refractivity contribution in [2.24, 2.45) is 40.4 Å². The number of aliphatic hydroxyl groups excluding tert-OH is 1. The first-order valence-electron chi connectivity index (χ1n) is 13.0. The normalized spacial score (nSPS) is 39.8. The van der Waals surface area contributed by atoms with Crippen LogP contribution in [0.1, 0.15) is 98.3 Å². The van der Waals surface area contributed by atoms with Crippen LogP contribution in [0.2, 0.25) is 0 Å². The first-order valence-corrected chi connectivity index (χ1v) is 13.0. The van der Waals surface area contributed by atoms with Crippen molar-refractivity contribution in [3.8, 4) is 0 Å². The van der Waals surface area contributed by atoms with Gasteiger partial charge in [-0.05, 0) is 110 Å². The lowest BCUT2D eigenvalue weighted by Gasteiger charge is -2.54. The summed E-state index contributed by atoms with van der Waals surface area (Å²) in [5, 5.41) is 9.51. The van der Waals surface area contributed by atoms with Crippen molar-refractivity contribution in [2.45, 2.75) is 98.3 Å². The molecule has 0 saturated heterocycles. The van der Waals surface area contributed by atoms with Gasteiger partial charge >= 0.3 is 0 Å². The number of allylic oxidation sites excluding steroid dienone is 4. The minimum Gasteiger partial charge on any atom is -0.392 e. The molecule has 1 heteroatoms. The van der Waals surface area contributed by atoms with Crippen molar-refractivity contribution in [2.75, 3.05) is 6.61 Å². The summed E-state index contributed by atoms with van der Waals surface area (Å²) >= 11 is 0. The van der Waals surface area contributed by atoms with E-state index in [9.17, 15) is 5.11 Å². The molecule has 0 aromatic carbocycles. The predicted molar refractivity (Wildman–Crippen MR) is 128 cm³/mol. The third kappa shape index (κ3) is 3.58. The molecule has 3 fully saturated rings. The van der Waals surface area contributed by atoms with Crippen LogP contribution in [0, 0.1) is 40.4 Å². The Morgan fingerprint density at radius 2 is 1.90 bits per heavy atom. The largest absolute Gasteiger partial charge is 0.392 e. The van der Waals surface area contributed by atoms with Gasteiger partial charge in [-0.3, -0.25) is 0 Å². The predicted octanol–water partition coefficient (Wildman–Crippen LogP) is 7.87. The topological polar surface area (TPSA) is 20.2 Å². The smallest absolute Gasteiger partial charge is 0.0641 e. The monoisotopic (exact) mass is 410 g/mol. The summed E-state index contributed by atoms with van der Waals surface area (Å²) in [5.74, 6) is 3.76. The summed E-state index contributed by atoms with van der Waals surface area (Å²) in [6.45, 7) is 14.3. The van der Waals surface area contributed by atoms with Crippen LogP contribution in [0.4, 0.5) is 0 Å². The van der Waals surface area contributed by atoms with E-state index >= 15 is 0 Å². The van der Waals surface area contributed by atoms with Crippen molar-refractivity contribution < 1.29 is 5.11 Å². The average molecular weight is 411 g/mol. The Morgan fingerprint density at radius 1 is 1.10 bits per heavy atom. The van der Waals surface area contributed by atoms with Crippen molar-refractivity contribution in [3.63, 3.8) is 0 Å². The molecule has 0 radical (unpaired) electrons. The zero-order chi connectivity index (χ0) is 21.5. The quantitative estimate of drug-likeness (QED) is 0.423. The molecule has 3 saturated carbocycles. The fraction of sp³-hybridized carbons (Fsp3) is 0.793. The van der Waals surface area contributed by atoms with Crippen LogP contribution >= 0.6 is 0 Å². The Morgan fingerprint density at radius 3 is 2.63 bits per heavy atom. The number of hydrogen-bond acceptors (Lipinski definition) is 1. The van der Waals surface area contributed by atoms with Gasteiger partial charge in [-0.25, -0.2) is 0 Å². The van der Waals surface area contributed by atoms with E-state index in [4.69, 9.17) is 0 Å². The van der Waals surface area contributed by atoms with Gasteiger partial charge < -0.3 is 5.11 Å². The van der Waals surface area contributed by atoms with Gasteiger partial charge in [0, 0.05) is 0 Å². The molecule has 0 spiro atoms. The molecular formula is C29H46O. The maximum absolute atomic E-state index is 9.51. The Balaban J connectivity index is 1.49. The number of aliphatic hydroxyl groups is 1. The highest BCUT2D eigenvalue weighted by Crippen LogP contribution is 2.66. The molecule has 0 heterocycles. The van der Waals surface area contributed by atoms with Gasteiger partial charge in [0.05, 0.1) is 6.61 Å². The van der Waals surface area contributed by atoms with E-state index in [1.54, 1.807) is 5.57 Å². The number of fused-ring (bicyclic) bond motifs is 5. The molecule has 1 nitrogen and oxygen atoms in total. The second-order valence-electron chi connectivity index (χ2n) is 11.8. The SMILES string of the molecule is C=C(CO)C(CC)CC[C@@H](C)[C@H]1CC[C@H]2C3=CC=C4CCCC[C@]4(C)[C@H]3CC[C@]12C. The molecule has 30 heavy (non-hydrogen) atoms. The van der Waals surface area contributed by atoms with Crippen LogP contribution < -0.4 is 0 Å². The first-order chi connectivity index (χ1) is 14.3. The Hall–Kier alpha value is -0.820. The zero-order valence-corrected chi connectivity index (χ0v) is 20.2. The fourth-order valence-electron chi connectivity index (χ4n) is 8.50. The standard InChI is InChI=1S/C29H46O/c1-6-22(21(3)19-30)11-10-20(2)25-14-15-26-24-13-12-23-9-7-8-17-28(23,4)27(24)16-18-29(25,26)5/h12-13,20,22,25-27,30H,3,6-11,14-19H2,1-2,4-5H3/t20-,22?,25-,26+,27+,28+,29-/m1/s1. The minimum atomic E-state index is 0.153. The van der Waals surface area contributed by atoms with Gasteiger partial charge in [-0.15, -0.1) is 0 Å². The zero-order valence-electron chi connectivity index (χ0n) is 20.2. The van der Waals surface area contributed by atoms with Crippen LogP contribution in [-0.4, -0.2) is 11.7 Å². The van der Waals surface area contributed by atoms with Crippen molar-refractivity contribution in [1.29, 1.82) is 0 Å². The van der Waals surface area contributed by atoms with Crippen LogP contribution in [0.3, 0.4) is 0 Å². The first kappa shape index (κ1) is 22.4. The molecule has 1 N–H and O–H groups in total. The summed E-state index contributed by atoms with van der Waals surface area (Å²) in [5.41, 5.74) is 5.60. The van der Waals surface area contributed by atoms with E-state index in [-0.39, 0.29) is 6.61 Å². The van der Waals surface area contributed by atoms with Gasteiger partial charge in [-0.2, -0.15) is 0 Å². The molecule has 7 atom stereocenters. The number of rotatable bonds is 7. The highest BCUT2D eigenvalue weighted by molar-refractivity contribution is 5.38. The van der Waals surface area contributed by atoms with Gasteiger partial charge in [0.15, 0.2) is 0 Å². The maximum atomic E-state index is 9.51. The van der Waals surface area contributed by atoms with Gasteiger partial charge in [-0.1, -0.05) is 64.0 Å². The molecule has 168 valence electrons. The van der Waals surface area contributed by atoms with Crippen molar-refractivity contribution in [3.05, 3.63) is 35.5 Å². The molecule has 4 rings (SSSR count). The third-order valence-electron chi connectivity index (χ3n) is 10.5. The van der Waals surface area contributed by atoms with Crippen molar-refractivity contribution >= 4 is 0 Å². The summed E-state index contributed by atoms with van der Waals surface area (Å²) in [7, 11) is 0. The van der Waals surface area contributed by atoms with Gasteiger partial charge in [0.1, 0.15) is 0 Å². The molecule has 1 unspecified atom stereocenters. The summed E-state index contributed by atoms with van der Waals surface area (Å²) in [4.78, 5) is 0. The molecule has 0 aromatic rings. The second-order valence-corrected chi connectivity index (χ2v) is 11.8. The molecule has 4 aliphatic carbocycles. The molecule has 0 amide bonds. The lowest BCUT2D eigenvalue weighted by atomic mass is 9.50. The lowest BCUT2D eigenvalue weighted by Crippen LogP contribution is -2.45.